The number of carbonyl (C=O) groups excluding carboxylic acids is 1. The van der Waals surface area contributed by atoms with Gasteiger partial charge in [0, 0.05) is 22.1 Å². The van der Waals surface area contributed by atoms with Crippen molar-refractivity contribution in [3.8, 4) is 16.9 Å². The Morgan fingerprint density at radius 3 is 1.91 bits per heavy atom. The Balaban J connectivity index is 1.61. The smallest absolute Gasteiger partial charge is 0.279 e. The molecule has 1 aromatic heterocycles. The summed E-state index contributed by atoms with van der Waals surface area (Å²) in [7, 11) is 0. The summed E-state index contributed by atoms with van der Waals surface area (Å²) >= 11 is 0. The molecule has 0 unspecified atom stereocenters. The van der Waals surface area contributed by atoms with Gasteiger partial charge in [0.15, 0.2) is 5.78 Å². The minimum Gasteiger partial charge on any atom is -0.289 e. The fourth-order valence-corrected chi connectivity index (χ4v) is 3.80. The van der Waals surface area contributed by atoms with Gasteiger partial charge in [0.1, 0.15) is 0 Å². The topological polar surface area (TPSA) is 52.0 Å². The van der Waals surface area contributed by atoms with Crippen LogP contribution in [-0.2, 0) is 0 Å². The molecule has 1 heterocycles. The minimum atomic E-state index is -0.196. The van der Waals surface area contributed by atoms with E-state index < -0.39 is 0 Å². The predicted octanol–water partition coefficient (Wildman–Crippen LogP) is 5.59. The van der Waals surface area contributed by atoms with E-state index in [2.05, 4.69) is 0 Å². The van der Waals surface area contributed by atoms with E-state index in [-0.39, 0.29) is 11.3 Å². The lowest BCUT2D eigenvalue weighted by atomic mass is 10.0. The Morgan fingerprint density at radius 2 is 1.25 bits per heavy atom. The molecule has 4 nitrogen and oxygen atoms in total. The third-order valence-electron chi connectivity index (χ3n) is 5.54. The largest absolute Gasteiger partial charge is 0.289 e. The van der Waals surface area contributed by atoms with E-state index in [0.29, 0.717) is 22.2 Å². The number of nitrogens with zero attached hydrogens (tertiary/aromatic N) is 2. The van der Waals surface area contributed by atoms with Crippen molar-refractivity contribution in [1.82, 2.24) is 9.78 Å². The molecule has 0 aliphatic rings. The molecule has 0 saturated heterocycles. The van der Waals surface area contributed by atoms with E-state index in [1.807, 2.05) is 85.8 Å². The summed E-state index contributed by atoms with van der Waals surface area (Å²) in [6.45, 7) is 1.99. The Labute approximate surface area is 185 Å². The summed E-state index contributed by atoms with van der Waals surface area (Å²) < 4.78 is 1.41. The number of ketones is 1. The predicted molar refractivity (Wildman–Crippen MR) is 127 cm³/mol. The Kier molecular flexibility index (Phi) is 4.96. The van der Waals surface area contributed by atoms with Gasteiger partial charge < -0.3 is 0 Å². The van der Waals surface area contributed by atoms with Gasteiger partial charge >= 0.3 is 0 Å². The highest BCUT2D eigenvalue weighted by molar-refractivity contribution is 6.09. The molecule has 0 N–H and O–H groups in total. The van der Waals surface area contributed by atoms with Crippen molar-refractivity contribution >= 4 is 16.6 Å². The summed E-state index contributed by atoms with van der Waals surface area (Å²) in [5, 5.41) is 6.11. The van der Waals surface area contributed by atoms with E-state index in [1.54, 1.807) is 24.3 Å². The molecular formula is C28H20N2O2. The first kappa shape index (κ1) is 19.6. The molecule has 0 aliphatic heterocycles. The van der Waals surface area contributed by atoms with Crippen LogP contribution in [0.25, 0.3) is 27.7 Å². The van der Waals surface area contributed by atoms with E-state index in [0.717, 1.165) is 22.2 Å². The Morgan fingerprint density at radius 1 is 0.688 bits per heavy atom. The zero-order chi connectivity index (χ0) is 22.1. The molecule has 154 valence electrons. The highest BCUT2D eigenvalue weighted by atomic mass is 16.1. The first-order chi connectivity index (χ1) is 15.6. The van der Waals surface area contributed by atoms with Crippen LogP contribution in [0.2, 0.25) is 0 Å². The number of fused-ring (bicyclic) bond motifs is 1. The van der Waals surface area contributed by atoms with Gasteiger partial charge in [-0.2, -0.15) is 9.78 Å². The number of benzene rings is 4. The standard InChI is InChI=1S/C28H20N2O2/c1-19-11-13-21(14-12-19)27(31)22-15-17-23(18-16-22)30-28(32)25-10-6-5-9-24(25)26(29-30)20-7-3-2-4-8-20/h2-18H,1H3. The highest BCUT2D eigenvalue weighted by Gasteiger charge is 2.14. The zero-order valence-corrected chi connectivity index (χ0v) is 17.5. The van der Waals surface area contributed by atoms with Crippen molar-refractivity contribution < 1.29 is 4.79 Å². The third-order valence-corrected chi connectivity index (χ3v) is 5.54. The summed E-state index contributed by atoms with van der Waals surface area (Å²) in [6.07, 6.45) is 0. The van der Waals surface area contributed by atoms with Crippen LogP contribution in [0.15, 0.2) is 108 Å². The van der Waals surface area contributed by atoms with Crippen LogP contribution in [-0.4, -0.2) is 15.6 Å². The molecule has 0 aliphatic carbocycles. The Hall–Kier alpha value is -4.31. The van der Waals surface area contributed by atoms with Crippen molar-refractivity contribution in [2.45, 2.75) is 6.92 Å². The van der Waals surface area contributed by atoms with Crippen molar-refractivity contribution in [2.24, 2.45) is 0 Å². The maximum atomic E-state index is 13.2. The molecule has 0 spiro atoms. The third kappa shape index (κ3) is 3.52. The van der Waals surface area contributed by atoms with E-state index in [1.165, 1.54) is 4.68 Å². The molecule has 32 heavy (non-hydrogen) atoms. The van der Waals surface area contributed by atoms with E-state index >= 15 is 0 Å². The average Bonchev–Trinajstić information content (AvgIpc) is 2.85. The second-order valence-corrected chi connectivity index (χ2v) is 7.72. The number of aromatic nitrogens is 2. The normalized spacial score (nSPS) is 10.9. The second kappa shape index (κ2) is 8.08. The SMILES string of the molecule is Cc1ccc(C(=O)c2ccc(-n3nc(-c4ccccc4)c4ccccc4c3=O)cc2)cc1. The van der Waals surface area contributed by atoms with Crippen LogP contribution in [0.5, 0.6) is 0 Å². The maximum absolute atomic E-state index is 13.2. The molecule has 0 bridgehead atoms. The van der Waals surface area contributed by atoms with Crippen LogP contribution >= 0.6 is 0 Å². The lowest BCUT2D eigenvalue weighted by molar-refractivity contribution is 0.103. The molecule has 5 aromatic rings. The highest BCUT2D eigenvalue weighted by Crippen LogP contribution is 2.25. The average molecular weight is 416 g/mol. The monoisotopic (exact) mass is 416 g/mol. The number of rotatable bonds is 4. The molecule has 4 heteroatoms. The molecule has 4 aromatic carbocycles. The molecule has 0 atom stereocenters. The van der Waals surface area contributed by atoms with Gasteiger partial charge in [-0.1, -0.05) is 78.4 Å². The van der Waals surface area contributed by atoms with Crippen molar-refractivity contribution in [1.29, 1.82) is 0 Å². The maximum Gasteiger partial charge on any atom is 0.279 e. The van der Waals surface area contributed by atoms with Gasteiger partial charge in [0.25, 0.3) is 5.56 Å². The Bertz CT molecular complexity index is 1480. The van der Waals surface area contributed by atoms with Gasteiger partial charge in [-0.05, 0) is 37.3 Å². The lowest BCUT2D eigenvalue weighted by Crippen LogP contribution is -2.22. The molecule has 0 fully saturated rings. The van der Waals surface area contributed by atoms with Crippen LogP contribution in [0.4, 0.5) is 0 Å². The van der Waals surface area contributed by atoms with Crippen LogP contribution in [0.3, 0.4) is 0 Å². The van der Waals surface area contributed by atoms with Crippen molar-refractivity contribution in [3.05, 3.63) is 130 Å². The molecular weight excluding hydrogens is 396 g/mol. The van der Waals surface area contributed by atoms with Gasteiger partial charge in [-0.15, -0.1) is 0 Å². The number of hydrogen-bond donors (Lipinski definition) is 0. The fraction of sp³-hybridized carbons (Fsp3) is 0.0357. The van der Waals surface area contributed by atoms with Gasteiger partial charge in [0.2, 0.25) is 0 Å². The number of aryl methyl sites for hydroxylation is 1. The van der Waals surface area contributed by atoms with Crippen LogP contribution in [0.1, 0.15) is 21.5 Å². The first-order valence-electron chi connectivity index (χ1n) is 10.4. The molecule has 0 radical (unpaired) electrons. The van der Waals surface area contributed by atoms with Gasteiger partial charge in [-0.3, -0.25) is 9.59 Å². The molecule has 5 rings (SSSR count). The quantitative estimate of drug-likeness (QED) is 0.359. The van der Waals surface area contributed by atoms with Crippen LogP contribution < -0.4 is 5.56 Å². The van der Waals surface area contributed by atoms with Gasteiger partial charge in [0.05, 0.1) is 16.8 Å². The van der Waals surface area contributed by atoms with Gasteiger partial charge in [-0.25, -0.2) is 0 Å². The van der Waals surface area contributed by atoms with Crippen molar-refractivity contribution in [2.75, 3.05) is 0 Å². The number of carbonyl (C=O) groups is 1. The fourth-order valence-electron chi connectivity index (χ4n) is 3.80. The van der Waals surface area contributed by atoms with E-state index in [9.17, 15) is 9.59 Å². The molecule has 0 saturated carbocycles. The van der Waals surface area contributed by atoms with Crippen LogP contribution in [0, 0.1) is 6.92 Å². The van der Waals surface area contributed by atoms with Crippen molar-refractivity contribution in [3.63, 3.8) is 0 Å². The summed E-state index contributed by atoms with van der Waals surface area (Å²) in [4.78, 5) is 26.0. The first-order valence-corrected chi connectivity index (χ1v) is 10.4. The number of hydrogen-bond acceptors (Lipinski definition) is 3. The summed E-state index contributed by atoms with van der Waals surface area (Å²) in [5.41, 5.74) is 4.39. The molecule has 0 amide bonds. The summed E-state index contributed by atoms with van der Waals surface area (Å²) in [5.74, 6) is -0.0552. The minimum absolute atomic E-state index is 0.0552. The van der Waals surface area contributed by atoms with E-state index in [4.69, 9.17) is 5.10 Å². The zero-order valence-electron chi connectivity index (χ0n) is 17.5. The lowest BCUT2D eigenvalue weighted by Gasteiger charge is -2.12. The second-order valence-electron chi connectivity index (χ2n) is 7.72. The summed E-state index contributed by atoms with van der Waals surface area (Å²) in [6, 6.07) is 31.8.